The van der Waals surface area contributed by atoms with E-state index in [2.05, 4.69) is 139 Å². The molecule has 1 spiro atoms. The van der Waals surface area contributed by atoms with Crippen molar-refractivity contribution in [3.8, 4) is 39.1 Å². The van der Waals surface area contributed by atoms with Crippen molar-refractivity contribution in [1.82, 2.24) is 9.55 Å². The molecule has 6 aromatic carbocycles. The summed E-state index contributed by atoms with van der Waals surface area (Å²) in [7, 11) is 0. The lowest BCUT2D eigenvalue weighted by Crippen LogP contribution is -2.25. The maximum atomic E-state index is 5.08. The Hall–Kier alpha value is -4.86. The SMILES string of the molecule is CCc1nc2cccc3c2n1-c1c(cccc1-c1ccc2c(c1)C1(c4ccccc4-c4ccccc41)c1ccccc1-2)S3. The van der Waals surface area contributed by atoms with Crippen LogP contribution in [-0.2, 0) is 11.8 Å². The number of imidazole rings is 1. The first-order chi connectivity index (χ1) is 21.3. The normalized spacial score (nSPS) is 14.3. The number of nitrogens with zero attached hydrogens (tertiary/aromatic N) is 2. The van der Waals surface area contributed by atoms with E-state index >= 15 is 0 Å². The Kier molecular flexibility index (Phi) is 4.61. The summed E-state index contributed by atoms with van der Waals surface area (Å²) < 4.78 is 2.43. The van der Waals surface area contributed by atoms with Crippen LogP contribution in [0.15, 0.2) is 137 Å². The van der Waals surface area contributed by atoms with E-state index in [0.717, 1.165) is 17.8 Å². The highest BCUT2D eigenvalue weighted by Crippen LogP contribution is 2.63. The van der Waals surface area contributed by atoms with Crippen LogP contribution < -0.4 is 0 Å². The molecule has 0 atom stereocenters. The highest BCUT2D eigenvalue weighted by molar-refractivity contribution is 7.99. The van der Waals surface area contributed by atoms with Gasteiger partial charge in [0.25, 0.3) is 0 Å². The molecule has 7 aromatic rings. The average molecular weight is 567 g/mol. The summed E-state index contributed by atoms with van der Waals surface area (Å²) in [5.41, 5.74) is 16.6. The lowest BCUT2D eigenvalue weighted by Gasteiger charge is -2.31. The molecule has 2 aliphatic carbocycles. The fraction of sp³-hybridized carbons (Fsp3) is 0.0750. The number of fused-ring (bicyclic) bond motifs is 12. The van der Waals surface area contributed by atoms with Crippen LogP contribution in [0.5, 0.6) is 0 Å². The van der Waals surface area contributed by atoms with Gasteiger partial charge in [-0.3, -0.25) is 4.57 Å². The number of hydrogen-bond donors (Lipinski definition) is 0. The second-order valence-electron chi connectivity index (χ2n) is 11.7. The van der Waals surface area contributed by atoms with Crippen LogP contribution in [0.1, 0.15) is 35.0 Å². The van der Waals surface area contributed by atoms with Gasteiger partial charge in [0.1, 0.15) is 5.82 Å². The number of hydrogen-bond acceptors (Lipinski definition) is 2. The molecule has 1 aromatic heterocycles. The summed E-state index contributed by atoms with van der Waals surface area (Å²) in [5.74, 6) is 1.11. The van der Waals surface area contributed by atoms with Crippen molar-refractivity contribution >= 4 is 22.8 Å². The van der Waals surface area contributed by atoms with E-state index in [0.29, 0.717) is 0 Å². The highest BCUT2D eigenvalue weighted by atomic mass is 32.2. The Bertz CT molecular complexity index is 2260. The predicted octanol–water partition coefficient (Wildman–Crippen LogP) is 10.1. The molecule has 0 fully saturated rings. The fourth-order valence-corrected chi connectivity index (χ4v) is 9.27. The summed E-state index contributed by atoms with van der Waals surface area (Å²) in [6.45, 7) is 2.21. The van der Waals surface area contributed by atoms with Gasteiger partial charge in [0.2, 0.25) is 0 Å². The zero-order chi connectivity index (χ0) is 28.3. The Balaban J connectivity index is 1.29. The van der Waals surface area contributed by atoms with Crippen molar-refractivity contribution in [2.75, 3.05) is 0 Å². The molecule has 0 radical (unpaired) electrons. The molecule has 0 bridgehead atoms. The van der Waals surface area contributed by atoms with Crippen LogP contribution in [0.4, 0.5) is 0 Å². The van der Waals surface area contributed by atoms with Crippen LogP contribution in [-0.4, -0.2) is 9.55 Å². The maximum Gasteiger partial charge on any atom is 0.114 e. The molecule has 3 aliphatic rings. The summed E-state index contributed by atoms with van der Waals surface area (Å²) in [6, 6.07) is 47.6. The number of aromatic nitrogens is 2. The molecule has 0 saturated heterocycles. The van der Waals surface area contributed by atoms with Crippen molar-refractivity contribution in [3.05, 3.63) is 155 Å². The van der Waals surface area contributed by atoms with Crippen molar-refractivity contribution in [2.45, 2.75) is 28.6 Å². The fourth-order valence-electron chi connectivity index (χ4n) is 8.15. The lowest BCUT2D eigenvalue weighted by molar-refractivity contribution is 0.794. The van der Waals surface area contributed by atoms with Gasteiger partial charge < -0.3 is 0 Å². The van der Waals surface area contributed by atoms with Gasteiger partial charge in [-0.2, -0.15) is 0 Å². The van der Waals surface area contributed by atoms with Gasteiger partial charge in [-0.05, 0) is 74.3 Å². The number of para-hydroxylation sites is 2. The molecule has 2 heterocycles. The number of rotatable bonds is 2. The van der Waals surface area contributed by atoms with Gasteiger partial charge in [0.15, 0.2) is 0 Å². The van der Waals surface area contributed by atoms with Crippen molar-refractivity contribution in [1.29, 1.82) is 0 Å². The molecular formula is C40H26N2S. The van der Waals surface area contributed by atoms with Crippen molar-refractivity contribution < 1.29 is 0 Å². The van der Waals surface area contributed by atoms with Gasteiger partial charge in [-0.15, -0.1) is 0 Å². The second-order valence-corrected chi connectivity index (χ2v) is 12.8. The zero-order valence-corrected chi connectivity index (χ0v) is 24.5. The average Bonchev–Trinajstić information content (AvgIpc) is 3.69. The van der Waals surface area contributed by atoms with Gasteiger partial charge in [-0.1, -0.05) is 122 Å². The predicted molar refractivity (Wildman–Crippen MR) is 176 cm³/mol. The monoisotopic (exact) mass is 566 g/mol. The molecule has 0 saturated carbocycles. The zero-order valence-electron chi connectivity index (χ0n) is 23.6. The summed E-state index contributed by atoms with van der Waals surface area (Å²) in [4.78, 5) is 7.63. The van der Waals surface area contributed by atoms with Crippen LogP contribution in [0.25, 0.3) is 50.1 Å². The first kappa shape index (κ1) is 23.7. The minimum Gasteiger partial charge on any atom is -0.293 e. The van der Waals surface area contributed by atoms with Gasteiger partial charge in [-0.25, -0.2) is 4.98 Å². The van der Waals surface area contributed by atoms with E-state index in [9.17, 15) is 0 Å². The molecule has 202 valence electrons. The van der Waals surface area contributed by atoms with Crippen molar-refractivity contribution in [3.63, 3.8) is 0 Å². The van der Waals surface area contributed by atoms with Gasteiger partial charge in [0.05, 0.1) is 22.1 Å². The van der Waals surface area contributed by atoms with Gasteiger partial charge in [0, 0.05) is 21.8 Å². The largest absolute Gasteiger partial charge is 0.293 e. The molecule has 43 heavy (non-hydrogen) atoms. The van der Waals surface area contributed by atoms with E-state index < -0.39 is 0 Å². The maximum absolute atomic E-state index is 5.08. The molecular weight excluding hydrogens is 541 g/mol. The summed E-state index contributed by atoms with van der Waals surface area (Å²) in [5, 5.41) is 0. The van der Waals surface area contributed by atoms with Crippen LogP contribution in [0.2, 0.25) is 0 Å². The van der Waals surface area contributed by atoms with Crippen molar-refractivity contribution in [2.24, 2.45) is 0 Å². The Morgan fingerprint density at radius 2 is 1.16 bits per heavy atom. The number of aryl methyl sites for hydroxylation is 1. The van der Waals surface area contributed by atoms with E-state index in [4.69, 9.17) is 4.98 Å². The summed E-state index contributed by atoms with van der Waals surface area (Å²) in [6.07, 6.45) is 0.878. The van der Waals surface area contributed by atoms with Gasteiger partial charge >= 0.3 is 0 Å². The minimum absolute atomic E-state index is 0.345. The highest BCUT2D eigenvalue weighted by Gasteiger charge is 2.51. The molecule has 0 N–H and O–H groups in total. The van der Waals surface area contributed by atoms with E-state index in [1.54, 1.807) is 0 Å². The van der Waals surface area contributed by atoms with E-state index in [-0.39, 0.29) is 5.41 Å². The third kappa shape index (κ3) is 2.84. The Labute approximate surface area is 254 Å². The lowest BCUT2D eigenvalue weighted by atomic mass is 9.70. The standard InChI is InChI=1S/C40H26N2S/c1-2-37-41-34-18-10-20-36-39(34)42(37)38-25(14-9-19-35(38)43-36)24-21-22-29-28-13-5-8-17-32(28)40(33(29)23-24)30-15-6-3-11-26(30)27-12-4-7-16-31(27)40/h3-23H,2H2,1H3. The molecule has 0 amide bonds. The third-order valence-electron chi connectivity index (χ3n) is 9.78. The summed E-state index contributed by atoms with van der Waals surface area (Å²) >= 11 is 1.86. The molecule has 0 unspecified atom stereocenters. The first-order valence-corrected chi connectivity index (χ1v) is 15.9. The van der Waals surface area contributed by atoms with Crippen LogP contribution in [0.3, 0.4) is 0 Å². The third-order valence-corrected chi connectivity index (χ3v) is 10.9. The molecule has 1 aliphatic heterocycles. The van der Waals surface area contributed by atoms with E-state index in [1.807, 2.05) is 11.8 Å². The number of benzene rings is 6. The van der Waals surface area contributed by atoms with Crippen LogP contribution in [0, 0.1) is 0 Å². The smallest absolute Gasteiger partial charge is 0.114 e. The Morgan fingerprint density at radius 1 is 0.581 bits per heavy atom. The molecule has 2 nitrogen and oxygen atoms in total. The van der Waals surface area contributed by atoms with E-state index in [1.165, 1.54) is 76.6 Å². The second kappa shape index (κ2) is 8.37. The van der Waals surface area contributed by atoms with Crippen LogP contribution >= 0.6 is 11.8 Å². The first-order valence-electron chi connectivity index (χ1n) is 15.0. The molecule has 10 rings (SSSR count). The quantitative estimate of drug-likeness (QED) is 0.207. The minimum atomic E-state index is -0.345. The molecule has 3 heteroatoms. The Morgan fingerprint density at radius 3 is 1.84 bits per heavy atom. The topological polar surface area (TPSA) is 17.8 Å².